The molecule has 4 heteroatoms. The van der Waals surface area contributed by atoms with Gasteiger partial charge in [-0.15, -0.1) is 0 Å². The highest BCUT2D eigenvalue weighted by Gasteiger charge is 2.33. The molecule has 2 aliphatic rings. The first-order chi connectivity index (χ1) is 15.6. The summed E-state index contributed by atoms with van der Waals surface area (Å²) < 4.78 is 10.9. The standard InChI is InChI=1S/C28H42O4/c1-3-5-6-8-21-9-11-22(12-10-21)23-13-15-24(16-14-23)28(30)32-26-19-17-25(18-20-26)31-27(29)7-4-2/h17-24H,3-16H2,1-2H3. The average molecular weight is 443 g/mol. The minimum Gasteiger partial charge on any atom is -0.427 e. The molecule has 0 aliphatic heterocycles. The van der Waals surface area contributed by atoms with Crippen molar-refractivity contribution in [2.45, 2.75) is 104 Å². The maximum Gasteiger partial charge on any atom is 0.314 e. The van der Waals surface area contributed by atoms with Gasteiger partial charge in [-0.3, -0.25) is 9.59 Å². The molecule has 0 unspecified atom stereocenters. The maximum atomic E-state index is 12.7. The molecular weight excluding hydrogens is 400 g/mol. The van der Waals surface area contributed by atoms with Gasteiger partial charge < -0.3 is 9.47 Å². The lowest BCUT2D eigenvalue weighted by atomic mass is 9.68. The largest absolute Gasteiger partial charge is 0.427 e. The molecule has 0 atom stereocenters. The van der Waals surface area contributed by atoms with Crippen molar-refractivity contribution in [3.8, 4) is 11.5 Å². The van der Waals surface area contributed by atoms with E-state index >= 15 is 0 Å². The summed E-state index contributed by atoms with van der Waals surface area (Å²) in [5, 5.41) is 0. The zero-order chi connectivity index (χ0) is 22.8. The van der Waals surface area contributed by atoms with Crippen molar-refractivity contribution in [1.29, 1.82) is 0 Å². The van der Waals surface area contributed by atoms with Crippen LogP contribution < -0.4 is 9.47 Å². The molecule has 0 radical (unpaired) electrons. The Kier molecular flexibility index (Phi) is 10.1. The number of hydrogen-bond donors (Lipinski definition) is 0. The van der Waals surface area contributed by atoms with Crippen LogP contribution in [0.5, 0.6) is 11.5 Å². The average Bonchev–Trinajstić information content (AvgIpc) is 2.81. The Morgan fingerprint density at radius 1 is 0.750 bits per heavy atom. The molecule has 2 aliphatic carbocycles. The van der Waals surface area contributed by atoms with Crippen LogP contribution in [0.25, 0.3) is 0 Å². The van der Waals surface area contributed by atoms with Crippen LogP contribution in [0.3, 0.4) is 0 Å². The maximum absolute atomic E-state index is 12.7. The first kappa shape index (κ1) is 24.8. The van der Waals surface area contributed by atoms with E-state index in [4.69, 9.17) is 9.47 Å². The summed E-state index contributed by atoms with van der Waals surface area (Å²) in [7, 11) is 0. The lowest BCUT2D eigenvalue weighted by Gasteiger charge is -2.37. The number of esters is 2. The fourth-order valence-electron chi connectivity index (χ4n) is 5.62. The first-order valence-corrected chi connectivity index (χ1v) is 13.1. The molecule has 0 bridgehead atoms. The Labute approximate surface area is 194 Å². The zero-order valence-electron chi connectivity index (χ0n) is 20.2. The predicted molar refractivity (Wildman–Crippen MR) is 128 cm³/mol. The highest BCUT2D eigenvalue weighted by molar-refractivity contribution is 5.75. The Morgan fingerprint density at radius 3 is 1.88 bits per heavy atom. The molecule has 1 aromatic carbocycles. The number of benzene rings is 1. The molecule has 2 fully saturated rings. The Morgan fingerprint density at radius 2 is 1.31 bits per heavy atom. The molecule has 0 heterocycles. The van der Waals surface area contributed by atoms with Gasteiger partial charge in [0.05, 0.1) is 5.92 Å². The Balaban J connectivity index is 1.37. The second kappa shape index (κ2) is 13.0. The molecule has 0 N–H and O–H groups in total. The molecule has 178 valence electrons. The van der Waals surface area contributed by atoms with E-state index in [0.29, 0.717) is 17.9 Å². The lowest BCUT2D eigenvalue weighted by Crippen LogP contribution is -2.30. The number of rotatable bonds is 10. The van der Waals surface area contributed by atoms with Crippen LogP contribution in [0.1, 0.15) is 104 Å². The van der Waals surface area contributed by atoms with Gasteiger partial charge in [-0.25, -0.2) is 0 Å². The smallest absolute Gasteiger partial charge is 0.314 e. The fraction of sp³-hybridized carbons (Fsp3) is 0.714. The zero-order valence-corrected chi connectivity index (χ0v) is 20.2. The van der Waals surface area contributed by atoms with Crippen molar-refractivity contribution < 1.29 is 19.1 Å². The van der Waals surface area contributed by atoms with Gasteiger partial charge in [0.1, 0.15) is 11.5 Å². The van der Waals surface area contributed by atoms with Crippen LogP contribution in [0.2, 0.25) is 0 Å². The number of unbranched alkanes of at least 4 members (excludes halogenated alkanes) is 2. The third-order valence-electron chi connectivity index (χ3n) is 7.61. The summed E-state index contributed by atoms with van der Waals surface area (Å²) in [4.78, 5) is 24.2. The van der Waals surface area contributed by atoms with Crippen LogP contribution in [-0.2, 0) is 9.59 Å². The van der Waals surface area contributed by atoms with Gasteiger partial charge in [0.2, 0.25) is 0 Å². The van der Waals surface area contributed by atoms with Crippen LogP contribution in [0.4, 0.5) is 0 Å². The summed E-state index contributed by atoms with van der Waals surface area (Å²) >= 11 is 0. The molecule has 32 heavy (non-hydrogen) atoms. The third kappa shape index (κ3) is 7.64. The molecule has 4 nitrogen and oxygen atoms in total. The molecule has 0 spiro atoms. The minimum absolute atomic E-state index is 0.0127. The summed E-state index contributed by atoms with van der Waals surface area (Å²) in [5.41, 5.74) is 0. The van der Waals surface area contributed by atoms with E-state index < -0.39 is 0 Å². The van der Waals surface area contributed by atoms with Gasteiger partial charge in [0, 0.05) is 6.42 Å². The summed E-state index contributed by atoms with van der Waals surface area (Å²) in [6, 6.07) is 6.78. The molecule has 2 saturated carbocycles. The normalized spacial score (nSPS) is 25.8. The van der Waals surface area contributed by atoms with Crippen LogP contribution in [-0.4, -0.2) is 11.9 Å². The van der Waals surface area contributed by atoms with E-state index in [2.05, 4.69) is 6.92 Å². The topological polar surface area (TPSA) is 52.6 Å². The van der Waals surface area contributed by atoms with Gasteiger partial charge in [0.25, 0.3) is 0 Å². The van der Waals surface area contributed by atoms with Crippen molar-refractivity contribution in [2.75, 3.05) is 0 Å². The van der Waals surface area contributed by atoms with E-state index in [1.807, 2.05) is 6.92 Å². The minimum atomic E-state index is -0.237. The molecule has 0 aromatic heterocycles. The van der Waals surface area contributed by atoms with Gasteiger partial charge >= 0.3 is 11.9 Å². The molecule has 3 rings (SSSR count). The third-order valence-corrected chi connectivity index (χ3v) is 7.61. The van der Waals surface area contributed by atoms with E-state index in [1.54, 1.807) is 24.3 Å². The van der Waals surface area contributed by atoms with Crippen molar-refractivity contribution in [3.05, 3.63) is 24.3 Å². The molecular formula is C28H42O4. The second-order valence-corrected chi connectivity index (χ2v) is 10.0. The number of carbonyl (C=O) groups excluding carboxylic acids is 2. The van der Waals surface area contributed by atoms with Gasteiger partial charge in [-0.2, -0.15) is 0 Å². The molecule has 1 aromatic rings. The summed E-state index contributed by atoms with van der Waals surface area (Å²) in [5.74, 6) is 3.31. The highest BCUT2D eigenvalue weighted by Crippen LogP contribution is 2.42. The van der Waals surface area contributed by atoms with E-state index in [1.165, 1.54) is 51.4 Å². The summed E-state index contributed by atoms with van der Waals surface area (Å²) in [6.07, 6.45) is 16.6. The van der Waals surface area contributed by atoms with Crippen LogP contribution in [0.15, 0.2) is 24.3 Å². The monoisotopic (exact) mass is 442 g/mol. The number of carbonyl (C=O) groups is 2. The van der Waals surface area contributed by atoms with E-state index in [-0.39, 0.29) is 17.9 Å². The Bertz CT molecular complexity index is 695. The number of hydrogen-bond acceptors (Lipinski definition) is 4. The van der Waals surface area contributed by atoms with Gasteiger partial charge in [-0.05, 0) is 87.0 Å². The van der Waals surface area contributed by atoms with Crippen LogP contribution in [0, 0.1) is 23.7 Å². The highest BCUT2D eigenvalue weighted by atomic mass is 16.5. The molecule has 0 amide bonds. The SMILES string of the molecule is CCCCCC1CCC(C2CCC(C(=O)Oc3ccc(OC(=O)CCC)cc3)CC2)CC1. The van der Waals surface area contributed by atoms with Crippen molar-refractivity contribution >= 4 is 11.9 Å². The lowest BCUT2D eigenvalue weighted by molar-refractivity contribution is -0.140. The van der Waals surface area contributed by atoms with Crippen molar-refractivity contribution in [3.63, 3.8) is 0 Å². The molecule has 0 saturated heterocycles. The summed E-state index contributed by atoms with van der Waals surface area (Å²) in [6.45, 7) is 4.23. The van der Waals surface area contributed by atoms with E-state index in [0.717, 1.165) is 49.9 Å². The quantitative estimate of drug-likeness (QED) is 0.214. The van der Waals surface area contributed by atoms with Gasteiger partial charge in [-0.1, -0.05) is 52.4 Å². The second-order valence-electron chi connectivity index (χ2n) is 10.0. The Hall–Kier alpha value is -1.84. The first-order valence-electron chi connectivity index (χ1n) is 13.1. The number of ether oxygens (including phenoxy) is 2. The predicted octanol–water partition coefficient (Wildman–Crippen LogP) is 7.49. The van der Waals surface area contributed by atoms with Crippen molar-refractivity contribution in [1.82, 2.24) is 0 Å². The van der Waals surface area contributed by atoms with E-state index in [9.17, 15) is 9.59 Å². The van der Waals surface area contributed by atoms with Crippen molar-refractivity contribution in [2.24, 2.45) is 23.7 Å². The van der Waals surface area contributed by atoms with Crippen LogP contribution >= 0.6 is 0 Å². The van der Waals surface area contributed by atoms with Gasteiger partial charge in [0.15, 0.2) is 0 Å². The fourth-order valence-corrected chi connectivity index (χ4v) is 5.62.